The molecule has 4 atom stereocenters. The largest absolute Gasteiger partial charge is 0.481 e. The molecular formula is C21H38N8O8. The molecule has 0 spiro atoms. The van der Waals surface area contributed by atoms with Gasteiger partial charge in [-0.2, -0.15) is 0 Å². The Kier molecular flexibility index (Phi) is 14.9. The van der Waals surface area contributed by atoms with Crippen LogP contribution >= 0.6 is 0 Å². The number of guanidine groups is 1. The highest BCUT2D eigenvalue weighted by Crippen LogP contribution is 2.07. The minimum Gasteiger partial charge on any atom is -0.481 e. The van der Waals surface area contributed by atoms with Crippen LogP contribution in [0.15, 0.2) is 4.99 Å². The lowest BCUT2D eigenvalue weighted by Crippen LogP contribution is -2.57. The van der Waals surface area contributed by atoms with Crippen molar-refractivity contribution in [1.82, 2.24) is 16.0 Å². The number of primary amides is 1. The van der Waals surface area contributed by atoms with Crippen molar-refractivity contribution in [2.45, 2.75) is 76.5 Å². The van der Waals surface area contributed by atoms with Gasteiger partial charge in [-0.1, -0.05) is 13.8 Å². The van der Waals surface area contributed by atoms with Gasteiger partial charge >= 0.3 is 11.9 Å². The Morgan fingerprint density at radius 2 is 1.32 bits per heavy atom. The number of nitrogens with two attached hydrogens (primary N) is 4. The lowest BCUT2D eigenvalue weighted by Gasteiger charge is -2.25. The molecule has 4 amide bonds. The van der Waals surface area contributed by atoms with Gasteiger partial charge in [-0.15, -0.1) is 0 Å². The molecule has 210 valence electrons. The van der Waals surface area contributed by atoms with E-state index in [9.17, 15) is 33.9 Å². The number of carbonyl (C=O) groups is 6. The zero-order valence-electron chi connectivity index (χ0n) is 20.9. The number of hydrogen-bond acceptors (Lipinski definition) is 8. The molecular weight excluding hydrogens is 492 g/mol. The van der Waals surface area contributed by atoms with Gasteiger partial charge in [0.1, 0.15) is 18.1 Å². The molecule has 16 nitrogen and oxygen atoms in total. The van der Waals surface area contributed by atoms with Gasteiger partial charge < -0.3 is 49.1 Å². The first kappa shape index (κ1) is 33.0. The van der Waals surface area contributed by atoms with Crippen LogP contribution in [-0.2, 0) is 28.8 Å². The van der Waals surface area contributed by atoms with Crippen LogP contribution in [0.5, 0.6) is 0 Å². The maximum Gasteiger partial charge on any atom is 0.326 e. The van der Waals surface area contributed by atoms with Crippen molar-refractivity contribution >= 4 is 41.5 Å². The van der Waals surface area contributed by atoms with Crippen LogP contribution in [0.25, 0.3) is 0 Å². The highest BCUT2D eigenvalue weighted by Gasteiger charge is 2.31. The molecule has 0 fully saturated rings. The Bertz CT molecular complexity index is 859. The number of aliphatic carboxylic acids is 2. The summed E-state index contributed by atoms with van der Waals surface area (Å²) in [6.07, 6.45) is -1.05. The van der Waals surface area contributed by atoms with Crippen LogP contribution in [0, 0.1) is 5.92 Å². The smallest absolute Gasteiger partial charge is 0.326 e. The van der Waals surface area contributed by atoms with E-state index >= 15 is 0 Å². The van der Waals surface area contributed by atoms with Gasteiger partial charge in [-0.25, -0.2) is 4.79 Å². The molecule has 0 saturated carbocycles. The predicted octanol–water partition coefficient (Wildman–Crippen LogP) is -3.31. The van der Waals surface area contributed by atoms with Gasteiger partial charge in [0.05, 0.1) is 12.5 Å². The van der Waals surface area contributed by atoms with Crippen LogP contribution < -0.4 is 38.9 Å². The minimum absolute atomic E-state index is 0.0657. The van der Waals surface area contributed by atoms with Crippen molar-refractivity contribution in [3.8, 4) is 0 Å². The first-order valence-corrected chi connectivity index (χ1v) is 11.6. The number of nitrogens with one attached hydrogen (secondary N) is 3. The van der Waals surface area contributed by atoms with E-state index in [0.29, 0.717) is 6.42 Å². The van der Waals surface area contributed by atoms with Crippen molar-refractivity contribution in [3.05, 3.63) is 0 Å². The summed E-state index contributed by atoms with van der Waals surface area (Å²) in [6, 6.07) is -5.30. The van der Waals surface area contributed by atoms with Crippen molar-refractivity contribution in [1.29, 1.82) is 0 Å². The molecule has 0 aromatic carbocycles. The van der Waals surface area contributed by atoms with E-state index in [1.54, 1.807) is 0 Å². The average Bonchev–Trinajstić information content (AvgIpc) is 2.76. The summed E-state index contributed by atoms with van der Waals surface area (Å²) < 4.78 is 0. The number of carboxylic acids is 2. The minimum atomic E-state index is -1.65. The van der Waals surface area contributed by atoms with Crippen LogP contribution in [0.3, 0.4) is 0 Å². The number of hydrogen-bond donors (Lipinski definition) is 9. The van der Waals surface area contributed by atoms with E-state index in [0.717, 1.165) is 0 Å². The molecule has 0 aliphatic carbocycles. The molecule has 0 rings (SSSR count). The van der Waals surface area contributed by atoms with Crippen LogP contribution in [-0.4, -0.2) is 82.5 Å². The monoisotopic (exact) mass is 530 g/mol. The Morgan fingerprint density at radius 3 is 1.78 bits per heavy atom. The van der Waals surface area contributed by atoms with E-state index in [1.165, 1.54) is 0 Å². The molecule has 0 aliphatic rings. The second-order valence-corrected chi connectivity index (χ2v) is 8.81. The zero-order chi connectivity index (χ0) is 28.7. The van der Waals surface area contributed by atoms with Crippen molar-refractivity contribution in [3.63, 3.8) is 0 Å². The fourth-order valence-corrected chi connectivity index (χ4v) is 3.15. The SMILES string of the molecule is CC(C)CC(N)C(=O)NC(CCC(=O)O)C(=O)NC(CCCN=C(N)N)C(=O)NC(CC(N)=O)C(=O)O. The number of amides is 4. The van der Waals surface area contributed by atoms with Crippen LogP contribution in [0.2, 0.25) is 0 Å². The fourth-order valence-electron chi connectivity index (χ4n) is 3.15. The maximum absolute atomic E-state index is 13.0. The van der Waals surface area contributed by atoms with E-state index in [2.05, 4.69) is 20.9 Å². The number of carboxylic acid groups (broad SMARTS) is 2. The van der Waals surface area contributed by atoms with Gasteiger partial charge in [0.15, 0.2) is 5.96 Å². The topological polar surface area (TPSA) is 295 Å². The lowest BCUT2D eigenvalue weighted by atomic mass is 10.0. The molecule has 0 heterocycles. The standard InChI is InChI=1S/C21H38N8O8/c1-10(2)8-11(22)17(33)27-13(5-6-16(31)32)19(35)28-12(4-3-7-26-21(24)25)18(34)29-14(20(36)37)9-15(23)30/h10-14H,3-9,22H2,1-2H3,(H2,23,30)(H,27,33)(H,28,35)(H,29,34)(H,31,32)(H,36,37)(H4,24,25,26). The number of nitrogens with zero attached hydrogens (tertiary/aromatic N) is 1. The summed E-state index contributed by atoms with van der Waals surface area (Å²) in [5, 5.41) is 25.2. The second kappa shape index (κ2) is 16.7. The Morgan fingerprint density at radius 1 is 0.811 bits per heavy atom. The first-order chi connectivity index (χ1) is 17.1. The quantitative estimate of drug-likeness (QED) is 0.0480. The third-order valence-corrected chi connectivity index (χ3v) is 4.94. The molecule has 37 heavy (non-hydrogen) atoms. The molecule has 0 aromatic rings. The van der Waals surface area contributed by atoms with Crippen LogP contribution in [0.4, 0.5) is 0 Å². The molecule has 16 heteroatoms. The highest BCUT2D eigenvalue weighted by molar-refractivity contribution is 5.95. The number of rotatable bonds is 18. The second-order valence-electron chi connectivity index (χ2n) is 8.81. The van der Waals surface area contributed by atoms with E-state index in [-0.39, 0.29) is 37.7 Å². The van der Waals surface area contributed by atoms with Crippen LogP contribution in [0.1, 0.15) is 52.4 Å². The Labute approximate surface area is 214 Å². The third kappa shape index (κ3) is 14.9. The molecule has 0 aromatic heterocycles. The van der Waals surface area contributed by atoms with Crippen molar-refractivity contribution in [2.75, 3.05) is 6.54 Å². The fraction of sp³-hybridized carbons (Fsp3) is 0.667. The van der Waals surface area contributed by atoms with Crippen molar-refractivity contribution < 1.29 is 39.0 Å². The summed E-state index contributed by atoms with van der Waals surface area (Å²) in [7, 11) is 0. The van der Waals surface area contributed by atoms with Gasteiger partial charge in [0, 0.05) is 13.0 Å². The molecule has 4 unspecified atom stereocenters. The summed E-state index contributed by atoms with van der Waals surface area (Å²) in [5.74, 6) is -6.37. The summed E-state index contributed by atoms with van der Waals surface area (Å²) >= 11 is 0. The summed E-state index contributed by atoms with van der Waals surface area (Å²) in [6.45, 7) is 3.76. The molecule has 0 bridgehead atoms. The van der Waals surface area contributed by atoms with E-state index < -0.39 is 72.6 Å². The normalized spacial score (nSPS) is 13.9. The first-order valence-electron chi connectivity index (χ1n) is 11.6. The summed E-state index contributed by atoms with van der Waals surface area (Å²) in [4.78, 5) is 75.7. The third-order valence-electron chi connectivity index (χ3n) is 4.94. The predicted molar refractivity (Wildman–Crippen MR) is 131 cm³/mol. The number of aliphatic imine (C=N–C) groups is 1. The lowest BCUT2D eigenvalue weighted by molar-refractivity contribution is -0.143. The molecule has 0 aliphatic heterocycles. The average molecular weight is 531 g/mol. The molecule has 0 saturated heterocycles. The zero-order valence-corrected chi connectivity index (χ0v) is 20.9. The summed E-state index contributed by atoms with van der Waals surface area (Å²) in [5.41, 5.74) is 21.4. The number of carbonyl (C=O) groups excluding carboxylic acids is 4. The van der Waals surface area contributed by atoms with Gasteiger partial charge in [0.2, 0.25) is 23.6 Å². The van der Waals surface area contributed by atoms with Gasteiger partial charge in [-0.3, -0.25) is 29.0 Å². The van der Waals surface area contributed by atoms with Gasteiger partial charge in [0.25, 0.3) is 0 Å². The van der Waals surface area contributed by atoms with Crippen molar-refractivity contribution in [2.24, 2.45) is 33.8 Å². The maximum atomic E-state index is 13.0. The van der Waals surface area contributed by atoms with E-state index in [4.69, 9.17) is 28.0 Å². The Balaban J connectivity index is 5.72. The van der Waals surface area contributed by atoms with Gasteiger partial charge in [-0.05, 0) is 31.6 Å². The highest BCUT2D eigenvalue weighted by atomic mass is 16.4. The molecule has 0 radical (unpaired) electrons. The van der Waals surface area contributed by atoms with E-state index in [1.807, 2.05) is 13.8 Å². The molecule has 13 N–H and O–H groups in total. The Hall–Kier alpha value is -3.95.